The van der Waals surface area contributed by atoms with Gasteiger partial charge < -0.3 is 10.6 Å². The minimum absolute atomic E-state index is 0.0380. The van der Waals surface area contributed by atoms with E-state index in [2.05, 4.69) is 10.6 Å². The molecule has 4 saturated carbocycles. The van der Waals surface area contributed by atoms with Crippen molar-refractivity contribution in [2.24, 2.45) is 28.3 Å². The lowest BCUT2D eigenvalue weighted by atomic mass is 9.48. The number of carbonyl (C=O) groups is 2. The molecule has 1 unspecified atom stereocenters. The van der Waals surface area contributed by atoms with Crippen molar-refractivity contribution >= 4 is 27.5 Å². The van der Waals surface area contributed by atoms with Gasteiger partial charge in [0.25, 0.3) is 0 Å². The number of sulfonamides is 1. The maximum atomic E-state index is 12.4. The summed E-state index contributed by atoms with van der Waals surface area (Å²) in [6.45, 7) is 2.03. The Morgan fingerprint density at radius 1 is 1.00 bits per heavy atom. The number of benzene rings is 1. The van der Waals surface area contributed by atoms with Gasteiger partial charge in [0, 0.05) is 11.7 Å². The standard InChI is InChI=1S/C20H27N3O4S/c1-12(20-9-13-6-14(10-20)8-15(7-13)11-20)22-18(24)19(25)23-16-2-4-17(5-3-16)28(21,26)27/h2-5,12-15H,6-11H2,1H3,(H,22,24)(H,23,25)(H2,21,26,27). The Morgan fingerprint density at radius 3 is 1.96 bits per heavy atom. The van der Waals surface area contributed by atoms with Crippen LogP contribution in [0.2, 0.25) is 0 Å². The highest BCUT2D eigenvalue weighted by Gasteiger charge is 2.53. The predicted octanol–water partition coefficient (Wildman–Crippen LogP) is 1.99. The first-order valence-electron chi connectivity index (χ1n) is 9.89. The Morgan fingerprint density at radius 2 is 1.50 bits per heavy atom. The average Bonchev–Trinajstić information content (AvgIpc) is 2.60. The van der Waals surface area contributed by atoms with Gasteiger partial charge in [0.15, 0.2) is 0 Å². The van der Waals surface area contributed by atoms with Gasteiger partial charge in [0.2, 0.25) is 10.0 Å². The highest BCUT2D eigenvalue weighted by atomic mass is 32.2. The van der Waals surface area contributed by atoms with Gasteiger partial charge in [-0.1, -0.05) is 0 Å². The number of rotatable bonds is 4. The summed E-state index contributed by atoms with van der Waals surface area (Å²) in [5.41, 5.74) is 0.469. The summed E-state index contributed by atoms with van der Waals surface area (Å²) < 4.78 is 22.6. The monoisotopic (exact) mass is 405 g/mol. The lowest BCUT2D eigenvalue weighted by Crippen LogP contribution is -2.57. The maximum absolute atomic E-state index is 12.4. The second-order valence-corrected chi connectivity index (χ2v) is 10.6. The van der Waals surface area contributed by atoms with Crippen molar-refractivity contribution < 1.29 is 18.0 Å². The van der Waals surface area contributed by atoms with Gasteiger partial charge in [0.1, 0.15) is 0 Å². The minimum atomic E-state index is -3.79. The second-order valence-electron chi connectivity index (χ2n) is 9.00. The fraction of sp³-hybridized carbons (Fsp3) is 0.600. The highest BCUT2D eigenvalue weighted by molar-refractivity contribution is 7.89. The molecular formula is C20H27N3O4S. The van der Waals surface area contributed by atoms with E-state index in [1.54, 1.807) is 0 Å². The zero-order valence-electron chi connectivity index (χ0n) is 16.0. The fourth-order valence-corrected chi connectivity index (χ4v) is 6.55. The lowest BCUT2D eigenvalue weighted by Gasteiger charge is -2.59. The molecule has 152 valence electrons. The van der Waals surface area contributed by atoms with E-state index < -0.39 is 21.8 Å². The van der Waals surface area contributed by atoms with Crippen LogP contribution in [-0.2, 0) is 19.6 Å². The second kappa shape index (κ2) is 6.84. The van der Waals surface area contributed by atoms with Gasteiger partial charge in [-0.15, -0.1) is 0 Å². The molecule has 0 radical (unpaired) electrons. The Balaban J connectivity index is 1.37. The van der Waals surface area contributed by atoms with Crippen molar-refractivity contribution in [1.29, 1.82) is 0 Å². The molecule has 4 bridgehead atoms. The Bertz CT molecular complexity index is 859. The molecule has 1 aromatic carbocycles. The zero-order chi connectivity index (χ0) is 20.1. The highest BCUT2D eigenvalue weighted by Crippen LogP contribution is 2.61. The quantitative estimate of drug-likeness (QED) is 0.664. The number of hydrogen-bond donors (Lipinski definition) is 3. The third-order valence-electron chi connectivity index (χ3n) is 7.00. The first kappa shape index (κ1) is 19.4. The van der Waals surface area contributed by atoms with Crippen LogP contribution in [0, 0.1) is 23.2 Å². The largest absolute Gasteiger partial charge is 0.345 e. The van der Waals surface area contributed by atoms with E-state index in [9.17, 15) is 18.0 Å². The zero-order valence-corrected chi connectivity index (χ0v) is 16.8. The van der Waals surface area contributed by atoms with Gasteiger partial charge in [0.05, 0.1) is 4.90 Å². The third-order valence-corrected chi connectivity index (χ3v) is 7.93. The molecule has 8 heteroatoms. The molecule has 1 aromatic rings. The number of anilines is 1. The number of nitrogens with one attached hydrogen (secondary N) is 2. The molecule has 5 rings (SSSR count). The summed E-state index contributed by atoms with van der Waals surface area (Å²) in [6.07, 6.45) is 7.43. The van der Waals surface area contributed by atoms with Crippen molar-refractivity contribution in [2.45, 2.75) is 56.4 Å². The molecule has 2 amide bonds. The number of amides is 2. The van der Waals surface area contributed by atoms with Crippen LogP contribution in [0.3, 0.4) is 0 Å². The van der Waals surface area contributed by atoms with Gasteiger partial charge in [-0.2, -0.15) is 0 Å². The van der Waals surface area contributed by atoms with Crippen molar-refractivity contribution in [3.63, 3.8) is 0 Å². The van der Waals surface area contributed by atoms with Crippen molar-refractivity contribution in [3.05, 3.63) is 24.3 Å². The van der Waals surface area contributed by atoms with E-state index in [4.69, 9.17) is 5.14 Å². The first-order valence-corrected chi connectivity index (χ1v) is 11.4. The van der Waals surface area contributed by atoms with E-state index in [1.165, 1.54) is 43.5 Å². The summed E-state index contributed by atoms with van der Waals surface area (Å²) in [6, 6.07) is 5.37. The van der Waals surface area contributed by atoms with Crippen LogP contribution < -0.4 is 15.8 Å². The fourth-order valence-electron chi connectivity index (χ4n) is 6.04. The summed E-state index contributed by atoms with van der Waals surface area (Å²) in [5, 5.41) is 10.5. The van der Waals surface area contributed by atoms with Gasteiger partial charge in [-0.05, 0) is 92.9 Å². The molecule has 0 aliphatic heterocycles. The molecule has 0 aromatic heterocycles. The van der Waals surface area contributed by atoms with Gasteiger partial charge >= 0.3 is 11.8 Å². The number of hydrogen-bond acceptors (Lipinski definition) is 4. The summed E-state index contributed by atoms with van der Waals surface area (Å²) in [7, 11) is -3.79. The van der Waals surface area contributed by atoms with Crippen LogP contribution in [0.15, 0.2) is 29.2 Å². The predicted molar refractivity (Wildman–Crippen MR) is 105 cm³/mol. The SMILES string of the molecule is CC(NC(=O)C(=O)Nc1ccc(S(N)(=O)=O)cc1)C12CC3CC(CC(C3)C1)C2. The third kappa shape index (κ3) is 3.67. The molecule has 1 atom stereocenters. The molecule has 0 spiro atoms. The van der Waals surface area contributed by atoms with Crippen LogP contribution in [0.4, 0.5) is 5.69 Å². The van der Waals surface area contributed by atoms with Crippen molar-refractivity contribution in [2.75, 3.05) is 5.32 Å². The first-order chi connectivity index (χ1) is 13.1. The molecule has 4 fully saturated rings. The van der Waals surface area contributed by atoms with Crippen LogP contribution in [0.25, 0.3) is 0 Å². The molecule has 4 aliphatic carbocycles. The summed E-state index contributed by atoms with van der Waals surface area (Å²) >= 11 is 0. The molecule has 0 heterocycles. The number of nitrogens with two attached hydrogens (primary N) is 1. The van der Waals surface area contributed by atoms with E-state index in [-0.39, 0.29) is 16.4 Å². The van der Waals surface area contributed by atoms with Crippen molar-refractivity contribution in [1.82, 2.24) is 5.32 Å². The van der Waals surface area contributed by atoms with E-state index in [0.29, 0.717) is 5.69 Å². The number of carbonyl (C=O) groups excluding carboxylic acids is 2. The molecule has 0 saturated heterocycles. The summed E-state index contributed by atoms with van der Waals surface area (Å²) in [4.78, 5) is 24.7. The molecule has 4 aliphatic rings. The van der Waals surface area contributed by atoms with Crippen LogP contribution in [0.5, 0.6) is 0 Å². The van der Waals surface area contributed by atoms with Crippen molar-refractivity contribution in [3.8, 4) is 0 Å². The normalized spacial score (nSPS) is 32.0. The van der Waals surface area contributed by atoms with Gasteiger partial charge in [-0.3, -0.25) is 9.59 Å². The Hall–Kier alpha value is -1.93. The van der Waals surface area contributed by atoms with Crippen LogP contribution in [-0.4, -0.2) is 26.3 Å². The molecule has 7 nitrogen and oxygen atoms in total. The molecule has 28 heavy (non-hydrogen) atoms. The number of primary sulfonamides is 1. The van der Waals surface area contributed by atoms with Gasteiger partial charge in [-0.25, -0.2) is 13.6 Å². The Labute approximate surface area is 165 Å². The van der Waals surface area contributed by atoms with Crippen LogP contribution in [0.1, 0.15) is 45.4 Å². The maximum Gasteiger partial charge on any atom is 0.313 e. The average molecular weight is 406 g/mol. The van der Waals surface area contributed by atoms with E-state index in [0.717, 1.165) is 37.0 Å². The molecule has 4 N–H and O–H groups in total. The van der Waals surface area contributed by atoms with E-state index >= 15 is 0 Å². The smallest absolute Gasteiger partial charge is 0.313 e. The lowest BCUT2D eigenvalue weighted by molar-refractivity contribution is -0.138. The minimum Gasteiger partial charge on any atom is -0.345 e. The van der Waals surface area contributed by atoms with E-state index in [1.807, 2.05) is 6.92 Å². The van der Waals surface area contributed by atoms with Crippen LogP contribution >= 0.6 is 0 Å². The summed E-state index contributed by atoms with van der Waals surface area (Å²) in [5.74, 6) is 0.920. The Kier molecular flexibility index (Phi) is 4.74. The topological polar surface area (TPSA) is 118 Å². The molecular weight excluding hydrogens is 378 g/mol.